The van der Waals surface area contributed by atoms with E-state index in [9.17, 15) is 0 Å². The summed E-state index contributed by atoms with van der Waals surface area (Å²) in [4.78, 5) is 0. The van der Waals surface area contributed by atoms with Crippen molar-refractivity contribution in [3.8, 4) is 5.75 Å². The fraction of sp³-hybridized carbons (Fsp3) is 0.526. The number of ether oxygens (including phenoxy) is 1. The SMILES string of the molecule is COc1cccc(CCNCc2cc(C3CC3)nn2C(C)C)c1. The van der Waals surface area contributed by atoms with Gasteiger partial charge in [0, 0.05) is 18.5 Å². The normalized spacial score (nSPS) is 14.4. The van der Waals surface area contributed by atoms with Gasteiger partial charge in [-0.15, -0.1) is 0 Å². The number of nitrogens with zero attached hydrogens (tertiary/aromatic N) is 2. The van der Waals surface area contributed by atoms with Gasteiger partial charge in [0.05, 0.1) is 18.5 Å². The zero-order valence-electron chi connectivity index (χ0n) is 14.4. The Morgan fingerprint density at radius 1 is 1.30 bits per heavy atom. The first-order chi connectivity index (χ1) is 11.2. The van der Waals surface area contributed by atoms with Crippen LogP contribution in [-0.2, 0) is 13.0 Å². The molecule has 2 aromatic rings. The van der Waals surface area contributed by atoms with Crippen molar-refractivity contribution in [2.24, 2.45) is 0 Å². The monoisotopic (exact) mass is 313 g/mol. The van der Waals surface area contributed by atoms with Crippen LogP contribution in [0.1, 0.15) is 55.6 Å². The Morgan fingerprint density at radius 3 is 2.83 bits per heavy atom. The van der Waals surface area contributed by atoms with Crippen molar-refractivity contribution in [1.82, 2.24) is 15.1 Å². The second kappa shape index (κ2) is 7.18. The average Bonchev–Trinajstić information content (AvgIpc) is 3.32. The van der Waals surface area contributed by atoms with E-state index >= 15 is 0 Å². The molecule has 0 amide bonds. The topological polar surface area (TPSA) is 39.1 Å². The highest BCUT2D eigenvalue weighted by Crippen LogP contribution is 2.39. The molecule has 1 aliphatic rings. The Balaban J connectivity index is 1.53. The number of rotatable bonds is 8. The molecule has 0 spiro atoms. The summed E-state index contributed by atoms with van der Waals surface area (Å²) in [6, 6.07) is 11.0. The van der Waals surface area contributed by atoms with Gasteiger partial charge < -0.3 is 10.1 Å². The number of hydrogen-bond donors (Lipinski definition) is 1. The molecule has 0 saturated heterocycles. The van der Waals surface area contributed by atoms with Crippen LogP contribution in [0, 0.1) is 0 Å². The van der Waals surface area contributed by atoms with E-state index in [1.165, 1.54) is 29.8 Å². The third-order valence-corrected chi connectivity index (χ3v) is 4.35. The van der Waals surface area contributed by atoms with Crippen molar-refractivity contribution in [2.45, 2.75) is 51.6 Å². The van der Waals surface area contributed by atoms with E-state index in [1.807, 2.05) is 12.1 Å². The van der Waals surface area contributed by atoms with E-state index in [-0.39, 0.29) is 0 Å². The molecule has 124 valence electrons. The van der Waals surface area contributed by atoms with E-state index in [1.54, 1.807) is 7.11 Å². The van der Waals surface area contributed by atoms with Gasteiger partial charge in [-0.25, -0.2) is 0 Å². The van der Waals surface area contributed by atoms with Crippen LogP contribution in [-0.4, -0.2) is 23.4 Å². The Bertz CT molecular complexity index is 644. The van der Waals surface area contributed by atoms with Gasteiger partial charge >= 0.3 is 0 Å². The number of aromatic nitrogens is 2. The number of methoxy groups -OCH3 is 1. The minimum Gasteiger partial charge on any atom is -0.497 e. The molecule has 4 heteroatoms. The lowest BCUT2D eigenvalue weighted by atomic mass is 10.1. The molecule has 4 nitrogen and oxygen atoms in total. The summed E-state index contributed by atoms with van der Waals surface area (Å²) in [5.74, 6) is 1.64. The van der Waals surface area contributed by atoms with Crippen molar-refractivity contribution >= 4 is 0 Å². The summed E-state index contributed by atoms with van der Waals surface area (Å²) in [5.41, 5.74) is 3.88. The molecule has 23 heavy (non-hydrogen) atoms. The predicted octanol–water partition coefficient (Wildman–Crippen LogP) is 3.68. The standard InChI is InChI=1S/C19H27N3O/c1-14(2)22-17(12-19(21-22)16-7-8-16)13-20-10-9-15-5-4-6-18(11-15)23-3/h4-6,11-12,14,16,20H,7-10,13H2,1-3H3. The number of benzene rings is 1. The molecular weight excluding hydrogens is 286 g/mol. The van der Waals surface area contributed by atoms with Gasteiger partial charge in [0.2, 0.25) is 0 Å². The van der Waals surface area contributed by atoms with Crippen LogP contribution in [0.5, 0.6) is 5.75 Å². The third kappa shape index (κ3) is 4.14. The minimum atomic E-state index is 0.415. The maximum atomic E-state index is 5.27. The second-order valence-electron chi connectivity index (χ2n) is 6.65. The first-order valence-corrected chi connectivity index (χ1v) is 8.59. The Morgan fingerprint density at radius 2 is 2.13 bits per heavy atom. The summed E-state index contributed by atoms with van der Waals surface area (Å²) < 4.78 is 7.44. The van der Waals surface area contributed by atoms with Crippen molar-refractivity contribution < 1.29 is 4.74 Å². The van der Waals surface area contributed by atoms with Crippen LogP contribution in [0.4, 0.5) is 0 Å². The molecule has 1 aromatic carbocycles. The molecule has 1 saturated carbocycles. The molecule has 0 bridgehead atoms. The van der Waals surface area contributed by atoms with Gasteiger partial charge in [-0.3, -0.25) is 4.68 Å². The van der Waals surface area contributed by atoms with Gasteiger partial charge in [-0.1, -0.05) is 12.1 Å². The van der Waals surface area contributed by atoms with E-state index < -0.39 is 0 Å². The highest BCUT2D eigenvalue weighted by Gasteiger charge is 2.27. The van der Waals surface area contributed by atoms with Crippen LogP contribution >= 0.6 is 0 Å². The van der Waals surface area contributed by atoms with Crippen LogP contribution < -0.4 is 10.1 Å². The third-order valence-electron chi connectivity index (χ3n) is 4.35. The number of hydrogen-bond acceptors (Lipinski definition) is 3. The highest BCUT2D eigenvalue weighted by molar-refractivity contribution is 5.28. The van der Waals surface area contributed by atoms with Crippen LogP contribution in [0.15, 0.2) is 30.3 Å². The summed E-state index contributed by atoms with van der Waals surface area (Å²) in [6.07, 6.45) is 3.61. The zero-order valence-corrected chi connectivity index (χ0v) is 14.4. The Labute approximate surface area is 138 Å². The van der Waals surface area contributed by atoms with Crippen LogP contribution in [0.2, 0.25) is 0 Å². The summed E-state index contributed by atoms with van der Waals surface area (Å²) >= 11 is 0. The highest BCUT2D eigenvalue weighted by atomic mass is 16.5. The quantitative estimate of drug-likeness (QED) is 0.756. The van der Waals surface area contributed by atoms with Gasteiger partial charge in [0.1, 0.15) is 5.75 Å². The smallest absolute Gasteiger partial charge is 0.119 e. The fourth-order valence-corrected chi connectivity index (χ4v) is 2.89. The molecule has 3 rings (SSSR count). The summed E-state index contributed by atoms with van der Waals surface area (Å²) in [5, 5.41) is 8.35. The first kappa shape index (κ1) is 16.1. The maximum absolute atomic E-state index is 5.27. The van der Waals surface area contributed by atoms with E-state index in [0.717, 1.165) is 25.3 Å². The van der Waals surface area contributed by atoms with Crippen molar-refractivity contribution in [3.05, 3.63) is 47.3 Å². The van der Waals surface area contributed by atoms with Crippen molar-refractivity contribution in [3.63, 3.8) is 0 Å². The average molecular weight is 313 g/mol. The second-order valence-corrected chi connectivity index (χ2v) is 6.65. The maximum Gasteiger partial charge on any atom is 0.119 e. The molecule has 1 aromatic heterocycles. The summed E-state index contributed by atoms with van der Waals surface area (Å²) in [7, 11) is 1.71. The molecular formula is C19H27N3O. The van der Waals surface area contributed by atoms with Crippen LogP contribution in [0.3, 0.4) is 0 Å². The van der Waals surface area contributed by atoms with E-state index in [0.29, 0.717) is 12.0 Å². The van der Waals surface area contributed by atoms with Crippen molar-refractivity contribution in [2.75, 3.05) is 13.7 Å². The fourth-order valence-electron chi connectivity index (χ4n) is 2.89. The predicted molar refractivity (Wildman–Crippen MR) is 93.0 cm³/mol. The van der Waals surface area contributed by atoms with Crippen molar-refractivity contribution in [1.29, 1.82) is 0 Å². The summed E-state index contributed by atoms with van der Waals surface area (Å²) in [6.45, 7) is 6.23. The first-order valence-electron chi connectivity index (χ1n) is 8.59. The minimum absolute atomic E-state index is 0.415. The molecule has 1 N–H and O–H groups in total. The Hall–Kier alpha value is -1.81. The lowest BCUT2D eigenvalue weighted by Crippen LogP contribution is -2.20. The van der Waals surface area contributed by atoms with Gasteiger partial charge in [-0.2, -0.15) is 5.10 Å². The van der Waals surface area contributed by atoms with Gasteiger partial charge in [0.25, 0.3) is 0 Å². The van der Waals surface area contributed by atoms with E-state index in [4.69, 9.17) is 9.84 Å². The molecule has 1 heterocycles. The molecule has 0 unspecified atom stereocenters. The Kier molecular flexibility index (Phi) is 5.01. The lowest BCUT2D eigenvalue weighted by Gasteiger charge is -2.11. The molecule has 1 fully saturated rings. The largest absolute Gasteiger partial charge is 0.497 e. The molecule has 0 radical (unpaired) electrons. The lowest BCUT2D eigenvalue weighted by molar-refractivity contribution is 0.414. The molecule has 0 atom stereocenters. The molecule has 1 aliphatic carbocycles. The zero-order chi connectivity index (χ0) is 16.2. The van der Waals surface area contributed by atoms with E-state index in [2.05, 4.69) is 42.0 Å². The number of nitrogens with one attached hydrogen (secondary N) is 1. The molecule has 0 aliphatic heterocycles. The van der Waals surface area contributed by atoms with Gasteiger partial charge in [-0.05, 0) is 63.4 Å². The van der Waals surface area contributed by atoms with Gasteiger partial charge in [0.15, 0.2) is 0 Å². The van der Waals surface area contributed by atoms with Crippen LogP contribution in [0.25, 0.3) is 0 Å².